The molecule has 2 aromatic carbocycles. The van der Waals surface area contributed by atoms with Crippen molar-refractivity contribution in [2.75, 3.05) is 20.3 Å². The van der Waals surface area contributed by atoms with Crippen molar-refractivity contribution in [3.63, 3.8) is 0 Å². The lowest BCUT2D eigenvalue weighted by atomic mass is 9.93. The van der Waals surface area contributed by atoms with E-state index in [-0.39, 0.29) is 25.1 Å². The maximum Gasteiger partial charge on any atom is 0.325 e. The van der Waals surface area contributed by atoms with Crippen molar-refractivity contribution in [3.05, 3.63) is 59.7 Å². The van der Waals surface area contributed by atoms with E-state index in [2.05, 4.69) is 5.32 Å². The summed E-state index contributed by atoms with van der Waals surface area (Å²) in [5.41, 5.74) is 1.20. The Morgan fingerprint density at radius 3 is 2.46 bits per heavy atom. The fraction of sp³-hybridized carbons (Fsp3) is 0.364. The lowest BCUT2D eigenvalue weighted by molar-refractivity contribution is -0.131. The van der Waals surface area contributed by atoms with Crippen LogP contribution in [0.2, 0.25) is 0 Å². The van der Waals surface area contributed by atoms with Crippen LogP contribution in [0.1, 0.15) is 24.5 Å². The topological polar surface area (TPSA) is 67.9 Å². The van der Waals surface area contributed by atoms with Crippen LogP contribution in [0.4, 0.5) is 4.79 Å². The van der Waals surface area contributed by atoms with E-state index in [1.54, 1.807) is 14.0 Å². The van der Waals surface area contributed by atoms with E-state index in [0.717, 1.165) is 22.6 Å². The maximum absolute atomic E-state index is 12.8. The molecule has 148 valence electrons. The molecule has 1 N–H and O–H groups in total. The molecule has 1 atom stereocenters. The van der Waals surface area contributed by atoms with E-state index < -0.39 is 5.54 Å². The van der Waals surface area contributed by atoms with Gasteiger partial charge in [0.05, 0.1) is 13.7 Å². The summed E-state index contributed by atoms with van der Waals surface area (Å²) in [5, 5.41) is 2.84. The molecular formula is C22H26N2O4. The number of carbonyl (C=O) groups excluding carboxylic acids is 2. The van der Waals surface area contributed by atoms with Gasteiger partial charge in [0, 0.05) is 0 Å². The molecule has 3 amide bonds. The Labute approximate surface area is 165 Å². The quantitative estimate of drug-likeness (QED) is 0.711. The summed E-state index contributed by atoms with van der Waals surface area (Å²) >= 11 is 0. The number of urea groups is 1. The number of methoxy groups -OCH3 is 1. The first-order valence-electron chi connectivity index (χ1n) is 9.38. The molecular weight excluding hydrogens is 356 g/mol. The van der Waals surface area contributed by atoms with Crippen LogP contribution in [0.3, 0.4) is 0 Å². The van der Waals surface area contributed by atoms with Crippen molar-refractivity contribution in [1.82, 2.24) is 10.2 Å². The third kappa shape index (κ3) is 4.27. The smallest absolute Gasteiger partial charge is 0.325 e. The van der Waals surface area contributed by atoms with Gasteiger partial charge < -0.3 is 14.8 Å². The Morgan fingerprint density at radius 2 is 1.79 bits per heavy atom. The number of nitrogens with one attached hydrogen (secondary N) is 1. The summed E-state index contributed by atoms with van der Waals surface area (Å²) in [6.07, 6.45) is 1.21. The minimum Gasteiger partial charge on any atom is -0.497 e. The molecule has 0 bridgehead atoms. The highest BCUT2D eigenvalue weighted by molar-refractivity contribution is 6.06. The van der Waals surface area contributed by atoms with Gasteiger partial charge >= 0.3 is 6.03 Å². The number of benzene rings is 2. The summed E-state index contributed by atoms with van der Waals surface area (Å²) < 4.78 is 10.9. The summed E-state index contributed by atoms with van der Waals surface area (Å²) in [6.45, 7) is 4.22. The molecule has 0 spiro atoms. The molecule has 0 aliphatic carbocycles. The zero-order valence-corrected chi connectivity index (χ0v) is 16.5. The first kappa shape index (κ1) is 19.7. The van der Waals surface area contributed by atoms with Gasteiger partial charge in [0.25, 0.3) is 5.91 Å². The Balaban J connectivity index is 1.56. The largest absolute Gasteiger partial charge is 0.497 e. The Bertz CT molecular complexity index is 850. The van der Waals surface area contributed by atoms with Crippen molar-refractivity contribution in [2.24, 2.45) is 0 Å². The highest BCUT2D eigenvalue weighted by atomic mass is 16.5. The number of carbonyl (C=O) groups is 2. The van der Waals surface area contributed by atoms with Crippen molar-refractivity contribution >= 4 is 11.9 Å². The van der Waals surface area contributed by atoms with Gasteiger partial charge in [0.2, 0.25) is 0 Å². The summed E-state index contributed by atoms with van der Waals surface area (Å²) in [4.78, 5) is 26.4. The van der Waals surface area contributed by atoms with Crippen molar-refractivity contribution < 1.29 is 19.1 Å². The van der Waals surface area contributed by atoms with E-state index in [4.69, 9.17) is 9.47 Å². The number of hydrogen-bond donors (Lipinski definition) is 1. The van der Waals surface area contributed by atoms with Gasteiger partial charge in [-0.05, 0) is 56.0 Å². The Kier molecular flexibility index (Phi) is 5.87. The van der Waals surface area contributed by atoms with E-state index in [0.29, 0.717) is 12.8 Å². The van der Waals surface area contributed by atoms with Crippen LogP contribution in [0.15, 0.2) is 48.5 Å². The Morgan fingerprint density at radius 1 is 1.07 bits per heavy atom. The van der Waals surface area contributed by atoms with Gasteiger partial charge in [-0.3, -0.25) is 9.69 Å². The van der Waals surface area contributed by atoms with Gasteiger partial charge in [-0.25, -0.2) is 4.79 Å². The van der Waals surface area contributed by atoms with Gasteiger partial charge in [0.1, 0.15) is 23.6 Å². The van der Waals surface area contributed by atoms with Gasteiger partial charge in [-0.2, -0.15) is 0 Å². The molecule has 6 nitrogen and oxygen atoms in total. The average Bonchev–Trinajstić information content (AvgIpc) is 2.91. The van der Waals surface area contributed by atoms with Crippen molar-refractivity contribution in [2.45, 2.75) is 32.2 Å². The number of rotatable bonds is 8. The number of ether oxygens (including phenoxy) is 2. The van der Waals surface area contributed by atoms with Crippen LogP contribution >= 0.6 is 0 Å². The predicted molar refractivity (Wildman–Crippen MR) is 107 cm³/mol. The number of amides is 3. The first-order chi connectivity index (χ1) is 13.4. The summed E-state index contributed by atoms with van der Waals surface area (Å²) in [7, 11) is 1.63. The third-order valence-electron chi connectivity index (χ3n) is 5.08. The molecule has 1 aliphatic rings. The maximum atomic E-state index is 12.8. The fourth-order valence-electron chi connectivity index (χ4n) is 3.27. The summed E-state index contributed by atoms with van der Waals surface area (Å²) in [5.74, 6) is 1.34. The second kappa shape index (κ2) is 8.33. The Hall–Kier alpha value is -3.02. The van der Waals surface area contributed by atoms with Gasteiger partial charge in [0.15, 0.2) is 0 Å². The van der Waals surface area contributed by atoms with Crippen molar-refractivity contribution in [1.29, 1.82) is 0 Å². The zero-order valence-electron chi connectivity index (χ0n) is 16.5. The van der Waals surface area contributed by atoms with Crippen LogP contribution < -0.4 is 14.8 Å². The molecule has 1 heterocycles. The standard InChI is InChI=1S/C22H26N2O4/c1-16-6-4-5-7-19(16)28-15-14-24-20(25)22(2,23-21(24)26)13-12-17-8-10-18(27-3)11-9-17/h4-11H,12-15H2,1-3H3,(H,23,26)/t22-/m0/s1. The highest BCUT2D eigenvalue weighted by Crippen LogP contribution is 2.24. The number of hydrogen-bond acceptors (Lipinski definition) is 4. The normalized spacial score (nSPS) is 18.9. The lowest BCUT2D eigenvalue weighted by Crippen LogP contribution is -2.44. The zero-order chi connectivity index (χ0) is 20.1. The molecule has 0 unspecified atom stereocenters. The number of para-hydroxylation sites is 1. The van der Waals surface area contributed by atoms with Crippen LogP contribution in [0, 0.1) is 6.92 Å². The molecule has 3 rings (SSSR count). The van der Waals surface area contributed by atoms with E-state index in [9.17, 15) is 9.59 Å². The highest BCUT2D eigenvalue weighted by Gasteiger charge is 2.47. The van der Waals surface area contributed by atoms with Gasteiger partial charge in [-0.1, -0.05) is 30.3 Å². The average molecular weight is 382 g/mol. The van der Waals surface area contributed by atoms with E-state index in [1.165, 1.54) is 4.90 Å². The molecule has 2 aromatic rings. The second-order valence-corrected chi connectivity index (χ2v) is 7.18. The van der Waals surface area contributed by atoms with Gasteiger partial charge in [-0.15, -0.1) is 0 Å². The SMILES string of the molecule is COc1ccc(CC[C@]2(C)NC(=O)N(CCOc3ccccc3C)C2=O)cc1. The molecule has 0 radical (unpaired) electrons. The van der Waals surface area contributed by atoms with Crippen LogP contribution in [-0.2, 0) is 11.2 Å². The first-order valence-corrected chi connectivity index (χ1v) is 9.38. The molecule has 1 saturated heterocycles. The molecule has 0 aromatic heterocycles. The predicted octanol–water partition coefficient (Wildman–Crippen LogP) is 3.33. The monoisotopic (exact) mass is 382 g/mol. The number of imide groups is 1. The third-order valence-corrected chi connectivity index (χ3v) is 5.08. The van der Waals surface area contributed by atoms with Crippen LogP contribution in [-0.4, -0.2) is 42.6 Å². The fourth-order valence-corrected chi connectivity index (χ4v) is 3.27. The number of aryl methyl sites for hydroxylation is 2. The van der Waals surface area contributed by atoms with Crippen LogP contribution in [0.5, 0.6) is 11.5 Å². The van der Waals surface area contributed by atoms with E-state index >= 15 is 0 Å². The lowest BCUT2D eigenvalue weighted by Gasteiger charge is -2.22. The van der Waals surface area contributed by atoms with E-state index in [1.807, 2.05) is 55.5 Å². The second-order valence-electron chi connectivity index (χ2n) is 7.18. The number of nitrogens with zero attached hydrogens (tertiary/aromatic N) is 1. The molecule has 1 aliphatic heterocycles. The molecule has 6 heteroatoms. The van der Waals surface area contributed by atoms with Crippen molar-refractivity contribution in [3.8, 4) is 11.5 Å². The molecule has 28 heavy (non-hydrogen) atoms. The minimum atomic E-state index is -0.903. The van der Waals surface area contributed by atoms with Crippen LogP contribution in [0.25, 0.3) is 0 Å². The summed E-state index contributed by atoms with van der Waals surface area (Å²) in [6, 6.07) is 15.0. The molecule has 1 fully saturated rings. The minimum absolute atomic E-state index is 0.209. The molecule has 0 saturated carbocycles.